The van der Waals surface area contributed by atoms with Crippen molar-refractivity contribution >= 4 is 11.9 Å². The number of carbonyl (C=O) groups is 2. The smallest absolute Gasteiger partial charge is 0.306 e. The summed E-state index contributed by atoms with van der Waals surface area (Å²) in [4.78, 5) is 24.6. The Morgan fingerprint density at radius 3 is 0.915 bits per heavy atom. The molecule has 0 amide bonds. The van der Waals surface area contributed by atoms with E-state index in [0.717, 1.165) is 70.6 Å². The zero-order valence-corrected chi connectivity index (χ0v) is 47.5. The minimum Gasteiger partial charge on any atom is -0.462 e. The number of carbonyl (C=O) groups excluding carboxylic acids is 2. The van der Waals surface area contributed by atoms with Crippen molar-refractivity contribution in [1.82, 2.24) is 0 Å². The zero-order valence-electron chi connectivity index (χ0n) is 47.5. The lowest BCUT2D eigenvalue weighted by Gasteiger charge is -2.15. The predicted octanol–water partition coefficient (Wildman–Crippen LogP) is 21.4. The summed E-state index contributed by atoms with van der Waals surface area (Å²) < 4.78 is 10.7. The van der Waals surface area contributed by atoms with Crippen molar-refractivity contribution in [2.75, 3.05) is 13.2 Å². The highest BCUT2D eigenvalue weighted by atomic mass is 16.6. The van der Waals surface area contributed by atoms with Crippen molar-refractivity contribution < 1.29 is 24.2 Å². The lowest BCUT2D eigenvalue weighted by atomic mass is 10.0. The Hall–Kier alpha value is -2.40. The van der Waals surface area contributed by atoms with E-state index in [1.165, 1.54) is 231 Å². The van der Waals surface area contributed by atoms with Crippen molar-refractivity contribution in [2.45, 2.75) is 335 Å². The van der Waals surface area contributed by atoms with Crippen molar-refractivity contribution in [3.8, 4) is 0 Å². The number of allylic oxidation sites excluding steroid dienone is 10. The SMILES string of the molecule is CC/C=C\C/C=C\C/C=C\C/C=C\C/C=C\CCCCCCCCCCCCCCCC(=O)OC(CO)COC(=O)CCCCCCCCCCCCCCCCCCCCCCCCCCCCCC. The van der Waals surface area contributed by atoms with Gasteiger partial charge in [0, 0.05) is 12.8 Å². The molecule has 0 aliphatic carbocycles. The molecule has 0 heterocycles. The maximum Gasteiger partial charge on any atom is 0.306 e. The van der Waals surface area contributed by atoms with Crippen LogP contribution < -0.4 is 0 Å². The molecule has 0 aromatic rings. The van der Waals surface area contributed by atoms with Crippen LogP contribution in [0.3, 0.4) is 0 Å². The van der Waals surface area contributed by atoms with Gasteiger partial charge in [-0.1, -0.05) is 319 Å². The molecule has 0 fully saturated rings. The number of ether oxygens (including phenoxy) is 2. The molecule has 0 saturated carbocycles. The molecule has 0 bridgehead atoms. The molecule has 0 radical (unpaired) electrons. The van der Waals surface area contributed by atoms with Crippen LogP contribution in [0, 0.1) is 0 Å². The Balaban J connectivity index is 3.44. The van der Waals surface area contributed by atoms with Gasteiger partial charge >= 0.3 is 11.9 Å². The Morgan fingerprint density at radius 1 is 0.338 bits per heavy atom. The van der Waals surface area contributed by atoms with Crippen LogP contribution >= 0.6 is 0 Å². The summed E-state index contributed by atoms with van der Waals surface area (Å²) in [5.74, 6) is -0.576. The lowest BCUT2D eigenvalue weighted by molar-refractivity contribution is -0.161. The highest BCUT2D eigenvalue weighted by molar-refractivity contribution is 5.70. The number of hydrogen-bond acceptors (Lipinski definition) is 5. The highest BCUT2D eigenvalue weighted by Crippen LogP contribution is 2.18. The highest BCUT2D eigenvalue weighted by Gasteiger charge is 2.16. The standard InChI is InChI=1S/C66H120O5/c1-3-5-7-9-11-13-15-17-19-21-23-25-27-29-31-33-35-37-39-41-43-45-47-49-51-53-55-57-59-61-66(69)71-64(62-67)63-70-65(68)60-58-56-54-52-50-48-46-44-42-40-38-36-34-32-30-28-26-24-22-20-18-16-14-12-10-8-6-4-2/h5,7,11,13,17,19,23,25,29,31,64,67H,3-4,6,8-10,12,14-16,18,20-22,24,26-28,30,32-63H2,1-2H3/b7-5-,13-11-,19-17-,25-23-,31-29-. The van der Waals surface area contributed by atoms with E-state index in [9.17, 15) is 14.7 Å². The molecule has 1 atom stereocenters. The van der Waals surface area contributed by atoms with Crippen LogP contribution in [0.15, 0.2) is 60.8 Å². The summed E-state index contributed by atoms with van der Waals surface area (Å²) in [6.45, 7) is 4.07. The van der Waals surface area contributed by atoms with Gasteiger partial charge in [-0.2, -0.15) is 0 Å². The van der Waals surface area contributed by atoms with Gasteiger partial charge in [0.15, 0.2) is 6.10 Å². The van der Waals surface area contributed by atoms with Crippen LogP contribution in [0.5, 0.6) is 0 Å². The normalized spacial score (nSPS) is 12.5. The largest absolute Gasteiger partial charge is 0.462 e. The number of hydrogen-bond donors (Lipinski definition) is 1. The number of unbranched alkanes of at least 4 members (excludes halogenated alkanes) is 40. The van der Waals surface area contributed by atoms with E-state index in [2.05, 4.69) is 74.6 Å². The molecule has 414 valence electrons. The van der Waals surface area contributed by atoms with Gasteiger partial charge < -0.3 is 14.6 Å². The van der Waals surface area contributed by atoms with E-state index in [1.807, 2.05) is 0 Å². The van der Waals surface area contributed by atoms with Crippen molar-refractivity contribution in [3.05, 3.63) is 60.8 Å². The number of rotatable bonds is 58. The molecule has 5 heteroatoms. The number of esters is 2. The van der Waals surface area contributed by atoms with Gasteiger partial charge in [-0.3, -0.25) is 9.59 Å². The molecule has 1 unspecified atom stereocenters. The first-order chi connectivity index (χ1) is 35.1. The predicted molar refractivity (Wildman–Crippen MR) is 311 cm³/mol. The first kappa shape index (κ1) is 68.6. The molecular weight excluding hydrogens is 873 g/mol. The van der Waals surface area contributed by atoms with Crippen LogP contribution in [0.2, 0.25) is 0 Å². The van der Waals surface area contributed by atoms with E-state index in [-0.39, 0.29) is 25.2 Å². The molecule has 0 aliphatic rings. The maximum absolute atomic E-state index is 12.3. The zero-order chi connectivity index (χ0) is 51.3. The van der Waals surface area contributed by atoms with Gasteiger partial charge in [-0.15, -0.1) is 0 Å². The van der Waals surface area contributed by atoms with Crippen LogP contribution in [0.25, 0.3) is 0 Å². The quantitative estimate of drug-likeness (QED) is 0.0373. The van der Waals surface area contributed by atoms with Gasteiger partial charge in [0.25, 0.3) is 0 Å². The van der Waals surface area contributed by atoms with Crippen LogP contribution in [0.4, 0.5) is 0 Å². The summed E-state index contributed by atoms with van der Waals surface area (Å²) in [6.07, 6.45) is 83.7. The minimum absolute atomic E-state index is 0.0631. The van der Waals surface area contributed by atoms with Crippen LogP contribution in [-0.2, 0) is 19.1 Å². The molecule has 1 N–H and O–H groups in total. The molecule has 0 aromatic heterocycles. The van der Waals surface area contributed by atoms with E-state index < -0.39 is 6.10 Å². The third-order valence-corrected chi connectivity index (χ3v) is 14.1. The monoisotopic (exact) mass is 993 g/mol. The Labute approximate surface area is 442 Å². The lowest BCUT2D eigenvalue weighted by Crippen LogP contribution is -2.28. The number of aliphatic hydroxyl groups is 1. The molecule has 0 aromatic carbocycles. The molecule has 5 nitrogen and oxygen atoms in total. The first-order valence-corrected chi connectivity index (χ1v) is 31.3. The topological polar surface area (TPSA) is 72.8 Å². The molecule has 0 aliphatic heterocycles. The first-order valence-electron chi connectivity index (χ1n) is 31.3. The Bertz CT molecular complexity index is 1210. The van der Waals surface area contributed by atoms with Crippen molar-refractivity contribution in [2.24, 2.45) is 0 Å². The van der Waals surface area contributed by atoms with Crippen LogP contribution in [0.1, 0.15) is 328 Å². The van der Waals surface area contributed by atoms with E-state index >= 15 is 0 Å². The fourth-order valence-corrected chi connectivity index (χ4v) is 9.41. The van der Waals surface area contributed by atoms with Crippen molar-refractivity contribution in [1.29, 1.82) is 0 Å². The average Bonchev–Trinajstić information content (AvgIpc) is 3.37. The van der Waals surface area contributed by atoms with Gasteiger partial charge in [0.1, 0.15) is 6.61 Å². The van der Waals surface area contributed by atoms with E-state index in [0.29, 0.717) is 12.8 Å². The van der Waals surface area contributed by atoms with Gasteiger partial charge in [-0.05, 0) is 57.8 Å². The molecule has 0 spiro atoms. The summed E-state index contributed by atoms with van der Waals surface area (Å²) in [7, 11) is 0. The van der Waals surface area contributed by atoms with Gasteiger partial charge in [-0.25, -0.2) is 0 Å². The second kappa shape index (κ2) is 61.9. The summed E-state index contributed by atoms with van der Waals surface area (Å²) in [5.41, 5.74) is 0. The van der Waals surface area contributed by atoms with Crippen LogP contribution in [-0.4, -0.2) is 36.4 Å². The summed E-state index contributed by atoms with van der Waals surface area (Å²) in [5, 5.41) is 9.68. The number of aliphatic hydroxyl groups excluding tert-OH is 1. The molecule has 0 rings (SSSR count). The third kappa shape index (κ3) is 60.1. The molecule has 71 heavy (non-hydrogen) atoms. The Kier molecular flexibility index (Phi) is 59.8. The summed E-state index contributed by atoms with van der Waals surface area (Å²) in [6, 6.07) is 0. The molecular formula is C66H120O5. The third-order valence-electron chi connectivity index (χ3n) is 14.1. The molecule has 0 saturated heterocycles. The van der Waals surface area contributed by atoms with E-state index in [1.54, 1.807) is 0 Å². The second-order valence-electron chi connectivity index (χ2n) is 21.1. The average molecular weight is 994 g/mol. The maximum atomic E-state index is 12.3. The van der Waals surface area contributed by atoms with Gasteiger partial charge in [0.2, 0.25) is 0 Å². The Morgan fingerprint density at radius 2 is 0.606 bits per heavy atom. The van der Waals surface area contributed by atoms with E-state index in [4.69, 9.17) is 9.47 Å². The fourth-order valence-electron chi connectivity index (χ4n) is 9.41. The minimum atomic E-state index is -0.773. The van der Waals surface area contributed by atoms with Crippen molar-refractivity contribution in [3.63, 3.8) is 0 Å². The second-order valence-corrected chi connectivity index (χ2v) is 21.1. The van der Waals surface area contributed by atoms with Gasteiger partial charge in [0.05, 0.1) is 6.61 Å². The summed E-state index contributed by atoms with van der Waals surface area (Å²) >= 11 is 0. The fraction of sp³-hybridized carbons (Fsp3) is 0.818.